The van der Waals surface area contributed by atoms with E-state index in [9.17, 15) is 4.79 Å². The molecule has 0 aliphatic heterocycles. The molecule has 0 saturated heterocycles. The second-order valence-electron chi connectivity index (χ2n) is 3.85. The highest BCUT2D eigenvalue weighted by molar-refractivity contribution is 6.30. The van der Waals surface area contributed by atoms with Crippen LogP contribution in [0.1, 0.15) is 18.5 Å². The molecule has 1 heterocycles. The molecule has 1 aromatic carbocycles. The molecule has 0 fully saturated rings. The van der Waals surface area contributed by atoms with Gasteiger partial charge in [-0.3, -0.25) is 4.79 Å². The van der Waals surface area contributed by atoms with Gasteiger partial charge in [-0.25, -0.2) is 4.68 Å². The topological polar surface area (TPSA) is 72.7 Å². The SMILES string of the molecule is CC(NC(=O)Cn1cnnn1)c1ccc(Cl)cc1. The maximum absolute atomic E-state index is 11.7. The number of rotatable bonds is 4. The van der Waals surface area contributed by atoms with Crippen LogP contribution in [0.3, 0.4) is 0 Å². The van der Waals surface area contributed by atoms with Crippen molar-refractivity contribution in [1.29, 1.82) is 0 Å². The first-order chi connectivity index (χ1) is 8.65. The number of tetrazole rings is 1. The molecule has 0 aliphatic rings. The van der Waals surface area contributed by atoms with Crippen LogP contribution in [0.15, 0.2) is 30.6 Å². The van der Waals surface area contributed by atoms with Gasteiger partial charge in [0, 0.05) is 5.02 Å². The summed E-state index contributed by atoms with van der Waals surface area (Å²) in [7, 11) is 0. The zero-order valence-electron chi connectivity index (χ0n) is 9.75. The molecule has 2 aromatic rings. The number of amides is 1. The normalized spacial score (nSPS) is 12.1. The quantitative estimate of drug-likeness (QED) is 0.902. The smallest absolute Gasteiger partial charge is 0.242 e. The molecular formula is C11H12ClN5O. The van der Waals surface area contributed by atoms with Crippen molar-refractivity contribution in [3.8, 4) is 0 Å². The van der Waals surface area contributed by atoms with Gasteiger partial charge in [0.1, 0.15) is 12.9 Å². The van der Waals surface area contributed by atoms with Crippen LogP contribution >= 0.6 is 11.6 Å². The summed E-state index contributed by atoms with van der Waals surface area (Å²) in [6, 6.07) is 7.25. The Labute approximate surface area is 109 Å². The molecule has 18 heavy (non-hydrogen) atoms. The molecule has 1 amide bonds. The third-order valence-corrected chi connectivity index (χ3v) is 2.70. The zero-order chi connectivity index (χ0) is 13.0. The van der Waals surface area contributed by atoms with Crippen molar-refractivity contribution in [3.05, 3.63) is 41.2 Å². The van der Waals surface area contributed by atoms with Gasteiger partial charge in [0.05, 0.1) is 6.04 Å². The monoisotopic (exact) mass is 265 g/mol. The largest absolute Gasteiger partial charge is 0.348 e. The summed E-state index contributed by atoms with van der Waals surface area (Å²) in [4.78, 5) is 11.7. The minimum Gasteiger partial charge on any atom is -0.348 e. The number of carbonyl (C=O) groups excluding carboxylic acids is 1. The second kappa shape index (κ2) is 5.59. The number of hydrogen-bond donors (Lipinski definition) is 1. The number of halogens is 1. The summed E-state index contributed by atoms with van der Waals surface area (Å²) in [5.74, 6) is -0.148. The van der Waals surface area contributed by atoms with E-state index >= 15 is 0 Å². The molecule has 6 nitrogen and oxygen atoms in total. The highest BCUT2D eigenvalue weighted by Gasteiger charge is 2.10. The molecule has 7 heteroatoms. The lowest BCUT2D eigenvalue weighted by atomic mass is 10.1. The van der Waals surface area contributed by atoms with Crippen molar-refractivity contribution >= 4 is 17.5 Å². The Balaban J connectivity index is 1.92. The van der Waals surface area contributed by atoms with Crippen molar-refractivity contribution in [2.45, 2.75) is 19.5 Å². The first kappa shape index (κ1) is 12.5. The molecule has 0 radical (unpaired) electrons. The summed E-state index contributed by atoms with van der Waals surface area (Å²) < 4.78 is 1.36. The van der Waals surface area contributed by atoms with Gasteiger partial charge in [-0.15, -0.1) is 5.10 Å². The van der Waals surface area contributed by atoms with Gasteiger partial charge >= 0.3 is 0 Å². The highest BCUT2D eigenvalue weighted by Crippen LogP contribution is 2.15. The Morgan fingerprint density at radius 3 is 2.78 bits per heavy atom. The van der Waals surface area contributed by atoms with Gasteiger partial charge in [-0.1, -0.05) is 23.7 Å². The second-order valence-corrected chi connectivity index (χ2v) is 4.28. The van der Waals surface area contributed by atoms with Gasteiger partial charge in [0.2, 0.25) is 5.91 Å². The lowest BCUT2D eigenvalue weighted by Gasteiger charge is -2.14. The predicted octanol–water partition coefficient (Wildman–Crippen LogP) is 1.20. The van der Waals surface area contributed by atoms with Crippen LogP contribution in [0.5, 0.6) is 0 Å². The maximum atomic E-state index is 11.7. The maximum Gasteiger partial charge on any atom is 0.242 e. The first-order valence-electron chi connectivity index (χ1n) is 5.41. The fraction of sp³-hybridized carbons (Fsp3) is 0.273. The van der Waals surface area contributed by atoms with E-state index in [1.807, 2.05) is 19.1 Å². The first-order valence-corrected chi connectivity index (χ1v) is 5.78. The molecule has 94 valence electrons. The van der Waals surface area contributed by atoms with E-state index in [1.54, 1.807) is 12.1 Å². The molecule has 1 unspecified atom stereocenters. The van der Waals surface area contributed by atoms with Crippen LogP contribution in [0.25, 0.3) is 0 Å². The molecule has 1 aromatic heterocycles. The molecule has 1 N–H and O–H groups in total. The summed E-state index contributed by atoms with van der Waals surface area (Å²) in [6.07, 6.45) is 1.40. The Hall–Kier alpha value is -1.95. The summed E-state index contributed by atoms with van der Waals surface area (Å²) in [6.45, 7) is 2.01. The van der Waals surface area contributed by atoms with E-state index in [1.165, 1.54) is 11.0 Å². The summed E-state index contributed by atoms with van der Waals surface area (Å²) in [5, 5.41) is 14.1. The van der Waals surface area contributed by atoms with Crippen molar-refractivity contribution < 1.29 is 4.79 Å². The lowest BCUT2D eigenvalue weighted by Crippen LogP contribution is -2.30. The molecule has 1 atom stereocenters. The van der Waals surface area contributed by atoms with Gasteiger partial charge < -0.3 is 5.32 Å². The van der Waals surface area contributed by atoms with Crippen molar-refractivity contribution in [3.63, 3.8) is 0 Å². The molecule has 2 rings (SSSR count). The van der Waals surface area contributed by atoms with E-state index in [-0.39, 0.29) is 18.5 Å². The minimum absolute atomic E-state index is 0.0914. The van der Waals surface area contributed by atoms with Crippen LogP contribution in [-0.2, 0) is 11.3 Å². The summed E-state index contributed by atoms with van der Waals surface area (Å²) >= 11 is 5.80. The van der Waals surface area contributed by atoms with E-state index < -0.39 is 0 Å². The van der Waals surface area contributed by atoms with Crippen LogP contribution in [0, 0.1) is 0 Å². The fourth-order valence-corrected chi connectivity index (χ4v) is 1.65. The number of nitrogens with one attached hydrogen (secondary N) is 1. The standard InChI is InChI=1S/C11H12ClN5O/c1-8(9-2-4-10(12)5-3-9)14-11(18)6-17-7-13-15-16-17/h2-5,7-8H,6H2,1H3,(H,14,18). The van der Waals surface area contributed by atoms with Gasteiger partial charge in [0.15, 0.2) is 0 Å². The Bertz CT molecular complexity index is 511. The molecular weight excluding hydrogens is 254 g/mol. The van der Waals surface area contributed by atoms with E-state index in [0.717, 1.165) is 5.56 Å². The third-order valence-electron chi connectivity index (χ3n) is 2.44. The van der Waals surface area contributed by atoms with Crippen LogP contribution < -0.4 is 5.32 Å². The van der Waals surface area contributed by atoms with Crippen molar-refractivity contribution in [2.24, 2.45) is 0 Å². The van der Waals surface area contributed by atoms with Crippen molar-refractivity contribution in [2.75, 3.05) is 0 Å². The Morgan fingerprint density at radius 2 is 2.17 bits per heavy atom. The number of nitrogens with zero attached hydrogens (tertiary/aromatic N) is 4. The van der Waals surface area contributed by atoms with Crippen LogP contribution in [0.2, 0.25) is 5.02 Å². The Kier molecular flexibility index (Phi) is 3.88. The molecule has 0 spiro atoms. The number of benzene rings is 1. The lowest BCUT2D eigenvalue weighted by molar-refractivity contribution is -0.122. The van der Waals surface area contributed by atoms with Crippen molar-refractivity contribution in [1.82, 2.24) is 25.5 Å². The van der Waals surface area contributed by atoms with Gasteiger partial charge in [0.25, 0.3) is 0 Å². The van der Waals surface area contributed by atoms with E-state index in [2.05, 4.69) is 20.8 Å². The van der Waals surface area contributed by atoms with Gasteiger partial charge in [-0.05, 0) is 35.0 Å². The van der Waals surface area contributed by atoms with Crippen LogP contribution in [0.4, 0.5) is 0 Å². The fourth-order valence-electron chi connectivity index (χ4n) is 1.52. The van der Waals surface area contributed by atoms with E-state index in [0.29, 0.717) is 5.02 Å². The highest BCUT2D eigenvalue weighted by atomic mass is 35.5. The number of hydrogen-bond acceptors (Lipinski definition) is 4. The minimum atomic E-state index is -0.148. The average Bonchev–Trinajstić information content (AvgIpc) is 2.82. The molecule has 0 aliphatic carbocycles. The van der Waals surface area contributed by atoms with Crippen LogP contribution in [-0.4, -0.2) is 26.1 Å². The third kappa shape index (κ3) is 3.27. The summed E-state index contributed by atoms with van der Waals surface area (Å²) in [5.41, 5.74) is 0.990. The van der Waals surface area contributed by atoms with E-state index in [4.69, 9.17) is 11.6 Å². The average molecular weight is 266 g/mol. The molecule has 0 bridgehead atoms. The Morgan fingerprint density at radius 1 is 1.44 bits per heavy atom. The molecule has 0 saturated carbocycles. The zero-order valence-corrected chi connectivity index (χ0v) is 10.5. The number of carbonyl (C=O) groups is 1. The number of aromatic nitrogens is 4. The van der Waals surface area contributed by atoms with Gasteiger partial charge in [-0.2, -0.15) is 0 Å². The predicted molar refractivity (Wildman–Crippen MR) is 65.8 cm³/mol.